The molecule has 0 radical (unpaired) electrons. The summed E-state index contributed by atoms with van der Waals surface area (Å²) < 4.78 is 32.5. The first-order valence-corrected chi connectivity index (χ1v) is 8.72. The second kappa shape index (κ2) is 6.33. The van der Waals surface area contributed by atoms with Crippen molar-refractivity contribution < 1.29 is 17.9 Å². The summed E-state index contributed by atoms with van der Waals surface area (Å²) in [6.45, 7) is 1.30. The predicted octanol–water partition coefficient (Wildman–Crippen LogP) is 3.57. The third-order valence-electron chi connectivity index (χ3n) is 3.40. The van der Waals surface area contributed by atoms with E-state index in [1.165, 1.54) is 31.2 Å². The van der Waals surface area contributed by atoms with Crippen LogP contribution in [0.4, 0.5) is 5.69 Å². The average Bonchev–Trinajstić information content (AvgIpc) is 2.55. The number of rotatable bonds is 4. The molecule has 0 aliphatic rings. The van der Waals surface area contributed by atoms with Crippen LogP contribution in [-0.2, 0) is 14.8 Å². The standard InChI is InChI=1S/C18H15NO4S/c1-13(20)23-17-9-7-16(8-10-17)19-24(21,22)18-11-6-14-4-2-3-5-15(14)12-18/h2-12,19H,1H3. The number of hydrogen-bond donors (Lipinski definition) is 1. The molecule has 0 aliphatic carbocycles. The van der Waals surface area contributed by atoms with E-state index in [1.54, 1.807) is 18.2 Å². The Kier molecular flexibility index (Phi) is 4.22. The molecule has 3 rings (SSSR count). The molecule has 0 spiro atoms. The molecule has 0 saturated carbocycles. The summed E-state index contributed by atoms with van der Waals surface area (Å²) >= 11 is 0. The fourth-order valence-electron chi connectivity index (χ4n) is 2.31. The largest absolute Gasteiger partial charge is 0.427 e. The summed E-state index contributed by atoms with van der Waals surface area (Å²) in [4.78, 5) is 11.1. The molecule has 0 aliphatic heterocycles. The Morgan fingerprint density at radius 3 is 2.25 bits per heavy atom. The summed E-state index contributed by atoms with van der Waals surface area (Å²) in [6, 6.07) is 18.7. The minimum Gasteiger partial charge on any atom is -0.427 e. The molecule has 122 valence electrons. The molecule has 0 bridgehead atoms. The maximum absolute atomic E-state index is 12.5. The third-order valence-corrected chi connectivity index (χ3v) is 4.78. The highest BCUT2D eigenvalue weighted by molar-refractivity contribution is 7.92. The van der Waals surface area contributed by atoms with Gasteiger partial charge in [0.15, 0.2) is 0 Å². The van der Waals surface area contributed by atoms with Gasteiger partial charge in [0, 0.05) is 12.6 Å². The molecule has 0 atom stereocenters. The van der Waals surface area contributed by atoms with Crippen molar-refractivity contribution in [1.29, 1.82) is 0 Å². The quantitative estimate of drug-likeness (QED) is 0.582. The molecule has 3 aromatic carbocycles. The second-order valence-corrected chi connectivity index (χ2v) is 6.91. The van der Waals surface area contributed by atoms with Gasteiger partial charge in [0.25, 0.3) is 10.0 Å². The van der Waals surface area contributed by atoms with E-state index in [-0.39, 0.29) is 4.90 Å². The first-order chi connectivity index (χ1) is 11.4. The van der Waals surface area contributed by atoms with Crippen molar-refractivity contribution in [3.05, 3.63) is 66.7 Å². The first kappa shape index (κ1) is 16.0. The van der Waals surface area contributed by atoms with Crippen LogP contribution in [0.15, 0.2) is 71.6 Å². The molecular formula is C18H15NO4S. The van der Waals surface area contributed by atoms with Gasteiger partial charge in [-0.2, -0.15) is 0 Å². The lowest BCUT2D eigenvalue weighted by Gasteiger charge is -2.09. The lowest BCUT2D eigenvalue weighted by Crippen LogP contribution is -2.12. The Labute approximate surface area is 139 Å². The first-order valence-electron chi connectivity index (χ1n) is 7.24. The van der Waals surface area contributed by atoms with Crippen molar-refractivity contribution >= 4 is 32.5 Å². The Morgan fingerprint density at radius 2 is 1.58 bits per heavy atom. The van der Waals surface area contributed by atoms with Gasteiger partial charge in [0.2, 0.25) is 0 Å². The van der Waals surface area contributed by atoms with E-state index >= 15 is 0 Å². The molecular weight excluding hydrogens is 326 g/mol. The van der Waals surface area contributed by atoms with Gasteiger partial charge in [0.05, 0.1) is 4.90 Å². The molecule has 24 heavy (non-hydrogen) atoms. The van der Waals surface area contributed by atoms with Gasteiger partial charge in [-0.3, -0.25) is 9.52 Å². The van der Waals surface area contributed by atoms with Gasteiger partial charge in [-0.15, -0.1) is 0 Å². The number of esters is 1. The van der Waals surface area contributed by atoms with Crippen molar-refractivity contribution in [3.63, 3.8) is 0 Å². The fraction of sp³-hybridized carbons (Fsp3) is 0.0556. The normalized spacial score (nSPS) is 11.2. The Bertz CT molecular complexity index is 995. The van der Waals surface area contributed by atoms with Crippen LogP contribution in [0.5, 0.6) is 5.75 Å². The predicted molar refractivity (Wildman–Crippen MR) is 92.5 cm³/mol. The minimum atomic E-state index is -3.70. The zero-order valence-electron chi connectivity index (χ0n) is 12.9. The van der Waals surface area contributed by atoms with E-state index in [1.807, 2.05) is 24.3 Å². The lowest BCUT2D eigenvalue weighted by atomic mass is 10.1. The number of fused-ring (bicyclic) bond motifs is 1. The topological polar surface area (TPSA) is 72.5 Å². The van der Waals surface area contributed by atoms with Crippen LogP contribution >= 0.6 is 0 Å². The maximum atomic E-state index is 12.5. The molecule has 0 fully saturated rings. The van der Waals surface area contributed by atoms with Crippen LogP contribution in [0.3, 0.4) is 0 Å². The van der Waals surface area contributed by atoms with Crippen LogP contribution in [0.25, 0.3) is 10.8 Å². The van der Waals surface area contributed by atoms with Crippen molar-refractivity contribution in [1.82, 2.24) is 0 Å². The molecule has 0 amide bonds. The van der Waals surface area contributed by atoms with Gasteiger partial charge in [0.1, 0.15) is 5.75 Å². The Balaban J connectivity index is 1.85. The summed E-state index contributed by atoms with van der Waals surface area (Å²) in [6.07, 6.45) is 0. The van der Waals surface area contributed by atoms with Crippen LogP contribution in [-0.4, -0.2) is 14.4 Å². The molecule has 0 saturated heterocycles. The Hall–Kier alpha value is -2.86. The van der Waals surface area contributed by atoms with Crippen LogP contribution in [0.1, 0.15) is 6.92 Å². The molecule has 1 N–H and O–H groups in total. The highest BCUT2D eigenvalue weighted by Crippen LogP contribution is 2.22. The number of carbonyl (C=O) groups is 1. The van der Waals surface area contributed by atoms with Gasteiger partial charge in [-0.05, 0) is 47.2 Å². The maximum Gasteiger partial charge on any atom is 0.308 e. The molecule has 3 aromatic rings. The number of hydrogen-bond acceptors (Lipinski definition) is 4. The summed E-state index contributed by atoms with van der Waals surface area (Å²) in [5.41, 5.74) is 0.388. The van der Waals surface area contributed by atoms with Gasteiger partial charge < -0.3 is 4.74 Å². The van der Waals surface area contributed by atoms with E-state index in [0.717, 1.165) is 10.8 Å². The number of sulfonamides is 1. The van der Waals surface area contributed by atoms with E-state index < -0.39 is 16.0 Å². The zero-order chi connectivity index (χ0) is 17.2. The van der Waals surface area contributed by atoms with E-state index in [2.05, 4.69) is 4.72 Å². The van der Waals surface area contributed by atoms with Crippen molar-refractivity contribution in [2.75, 3.05) is 4.72 Å². The zero-order valence-corrected chi connectivity index (χ0v) is 13.7. The average molecular weight is 341 g/mol. The smallest absolute Gasteiger partial charge is 0.308 e. The third kappa shape index (κ3) is 3.55. The van der Waals surface area contributed by atoms with E-state index in [4.69, 9.17) is 4.74 Å². The number of carbonyl (C=O) groups excluding carboxylic acids is 1. The molecule has 0 unspecified atom stereocenters. The molecule has 0 aromatic heterocycles. The van der Waals surface area contributed by atoms with E-state index in [9.17, 15) is 13.2 Å². The molecule has 6 heteroatoms. The van der Waals surface area contributed by atoms with Crippen LogP contribution in [0, 0.1) is 0 Å². The van der Waals surface area contributed by atoms with Crippen molar-refractivity contribution in [2.45, 2.75) is 11.8 Å². The fourth-order valence-corrected chi connectivity index (χ4v) is 3.40. The van der Waals surface area contributed by atoms with Gasteiger partial charge >= 0.3 is 5.97 Å². The Morgan fingerprint density at radius 1 is 0.917 bits per heavy atom. The van der Waals surface area contributed by atoms with Gasteiger partial charge in [-0.25, -0.2) is 8.42 Å². The number of anilines is 1. The SMILES string of the molecule is CC(=O)Oc1ccc(NS(=O)(=O)c2ccc3ccccc3c2)cc1. The highest BCUT2D eigenvalue weighted by Gasteiger charge is 2.14. The van der Waals surface area contributed by atoms with Crippen molar-refractivity contribution in [3.8, 4) is 5.75 Å². The number of benzene rings is 3. The lowest BCUT2D eigenvalue weighted by molar-refractivity contribution is -0.131. The molecule has 5 nitrogen and oxygen atoms in total. The monoisotopic (exact) mass is 341 g/mol. The summed E-state index contributed by atoms with van der Waals surface area (Å²) in [5, 5.41) is 1.83. The summed E-state index contributed by atoms with van der Waals surface area (Å²) in [5.74, 6) is -0.0735. The molecule has 0 heterocycles. The number of nitrogens with one attached hydrogen (secondary N) is 1. The van der Waals surface area contributed by atoms with Crippen molar-refractivity contribution in [2.24, 2.45) is 0 Å². The van der Waals surface area contributed by atoms with Crippen LogP contribution in [0.2, 0.25) is 0 Å². The van der Waals surface area contributed by atoms with E-state index in [0.29, 0.717) is 11.4 Å². The minimum absolute atomic E-state index is 0.185. The highest BCUT2D eigenvalue weighted by atomic mass is 32.2. The van der Waals surface area contributed by atoms with Crippen LogP contribution < -0.4 is 9.46 Å². The van der Waals surface area contributed by atoms with Gasteiger partial charge in [-0.1, -0.05) is 30.3 Å². The second-order valence-electron chi connectivity index (χ2n) is 5.23. The summed E-state index contributed by atoms with van der Waals surface area (Å²) in [7, 11) is -3.70. The number of ether oxygens (including phenoxy) is 1.